The molecule has 1 aromatic carbocycles. The molecule has 7 heteroatoms. The molecule has 0 aliphatic carbocycles. The van der Waals surface area contributed by atoms with Crippen LogP contribution in [-0.2, 0) is 9.53 Å². The van der Waals surface area contributed by atoms with Crippen molar-refractivity contribution < 1.29 is 18.4 Å². The predicted octanol–water partition coefficient (Wildman–Crippen LogP) is 2.95. The number of benzene rings is 1. The van der Waals surface area contributed by atoms with Crippen LogP contribution in [0.4, 0.5) is 10.3 Å². The van der Waals surface area contributed by atoms with E-state index in [9.17, 15) is 9.18 Å². The SMILES string of the molecule is CC(C)c1cc(NC(=O)CN2CCOC(c3ccc(F)cc3)C2)on1. The van der Waals surface area contributed by atoms with Gasteiger partial charge < -0.3 is 9.26 Å². The number of hydrogen-bond acceptors (Lipinski definition) is 5. The van der Waals surface area contributed by atoms with Gasteiger partial charge in [0.1, 0.15) is 5.82 Å². The van der Waals surface area contributed by atoms with Crippen molar-refractivity contribution in [3.8, 4) is 0 Å². The van der Waals surface area contributed by atoms with Gasteiger partial charge in [0, 0.05) is 19.2 Å². The number of aromatic nitrogens is 1. The highest BCUT2D eigenvalue weighted by atomic mass is 19.1. The number of amides is 1. The Morgan fingerprint density at radius 2 is 2.16 bits per heavy atom. The Balaban J connectivity index is 1.54. The van der Waals surface area contributed by atoms with E-state index >= 15 is 0 Å². The molecule has 2 heterocycles. The zero-order valence-electron chi connectivity index (χ0n) is 14.4. The topological polar surface area (TPSA) is 67.6 Å². The fourth-order valence-corrected chi connectivity index (χ4v) is 2.73. The fraction of sp³-hybridized carbons (Fsp3) is 0.444. The van der Waals surface area contributed by atoms with Crippen molar-refractivity contribution >= 4 is 11.8 Å². The van der Waals surface area contributed by atoms with Gasteiger partial charge in [0.2, 0.25) is 11.8 Å². The molecule has 1 aromatic heterocycles. The monoisotopic (exact) mass is 347 g/mol. The van der Waals surface area contributed by atoms with Crippen molar-refractivity contribution in [1.29, 1.82) is 0 Å². The average Bonchev–Trinajstić information content (AvgIpc) is 3.04. The molecule has 1 saturated heterocycles. The summed E-state index contributed by atoms with van der Waals surface area (Å²) >= 11 is 0. The first-order valence-corrected chi connectivity index (χ1v) is 8.37. The van der Waals surface area contributed by atoms with Gasteiger partial charge in [-0.3, -0.25) is 15.0 Å². The van der Waals surface area contributed by atoms with Gasteiger partial charge in [-0.2, -0.15) is 0 Å². The highest BCUT2D eigenvalue weighted by Crippen LogP contribution is 2.22. The molecule has 134 valence electrons. The molecule has 0 saturated carbocycles. The maximum atomic E-state index is 13.0. The minimum Gasteiger partial charge on any atom is -0.371 e. The number of rotatable bonds is 5. The highest BCUT2D eigenvalue weighted by molar-refractivity contribution is 5.91. The Kier molecular flexibility index (Phi) is 5.45. The molecule has 1 aliphatic rings. The van der Waals surface area contributed by atoms with Gasteiger partial charge in [-0.25, -0.2) is 4.39 Å². The molecule has 3 rings (SSSR count). The Bertz CT molecular complexity index is 715. The van der Waals surface area contributed by atoms with Gasteiger partial charge in [-0.1, -0.05) is 31.1 Å². The van der Waals surface area contributed by atoms with Gasteiger partial charge in [-0.05, 0) is 23.6 Å². The molecule has 1 amide bonds. The number of anilines is 1. The van der Waals surface area contributed by atoms with Crippen LogP contribution < -0.4 is 5.32 Å². The van der Waals surface area contributed by atoms with Crippen LogP contribution in [0, 0.1) is 5.82 Å². The number of hydrogen-bond donors (Lipinski definition) is 1. The average molecular weight is 347 g/mol. The van der Waals surface area contributed by atoms with E-state index in [0.29, 0.717) is 25.6 Å². The highest BCUT2D eigenvalue weighted by Gasteiger charge is 2.24. The van der Waals surface area contributed by atoms with Crippen LogP contribution in [0.2, 0.25) is 0 Å². The molecule has 0 bridgehead atoms. The Hall–Kier alpha value is -2.25. The molecule has 2 aromatic rings. The maximum Gasteiger partial charge on any atom is 0.240 e. The van der Waals surface area contributed by atoms with Crippen molar-refractivity contribution in [2.24, 2.45) is 0 Å². The first-order valence-electron chi connectivity index (χ1n) is 8.37. The van der Waals surface area contributed by atoms with E-state index in [1.165, 1.54) is 12.1 Å². The Labute approximate surface area is 145 Å². The van der Waals surface area contributed by atoms with Gasteiger partial charge in [-0.15, -0.1) is 0 Å². The molecule has 0 spiro atoms. The lowest BCUT2D eigenvalue weighted by atomic mass is 10.1. The summed E-state index contributed by atoms with van der Waals surface area (Å²) in [6.07, 6.45) is -0.167. The summed E-state index contributed by atoms with van der Waals surface area (Å²) in [5.74, 6) is 0.164. The van der Waals surface area contributed by atoms with E-state index < -0.39 is 0 Å². The summed E-state index contributed by atoms with van der Waals surface area (Å²) in [6.45, 7) is 6.01. The second-order valence-corrected chi connectivity index (χ2v) is 6.47. The second-order valence-electron chi connectivity index (χ2n) is 6.47. The predicted molar refractivity (Wildman–Crippen MR) is 90.8 cm³/mol. The van der Waals surface area contributed by atoms with Crippen molar-refractivity contribution in [2.45, 2.75) is 25.9 Å². The summed E-state index contributed by atoms with van der Waals surface area (Å²) in [5, 5.41) is 6.65. The maximum absolute atomic E-state index is 13.0. The van der Waals surface area contributed by atoms with Gasteiger partial charge in [0.15, 0.2) is 0 Å². The minimum absolute atomic E-state index is 0.161. The number of halogens is 1. The lowest BCUT2D eigenvalue weighted by Gasteiger charge is -2.32. The van der Waals surface area contributed by atoms with Crippen LogP contribution in [0.3, 0.4) is 0 Å². The molecule has 6 nitrogen and oxygen atoms in total. The van der Waals surface area contributed by atoms with E-state index in [1.807, 2.05) is 18.7 Å². The summed E-state index contributed by atoms with van der Waals surface area (Å²) in [7, 11) is 0. The number of ether oxygens (including phenoxy) is 1. The number of nitrogens with zero attached hydrogens (tertiary/aromatic N) is 2. The van der Waals surface area contributed by atoms with Crippen molar-refractivity contribution in [2.75, 3.05) is 31.6 Å². The Morgan fingerprint density at radius 1 is 1.40 bits per heavy atom. The fourth-order valence-electron chi connectivity index (χ4n) is 2.73. The molecule has 1 fully saturated rings. The molecule has 25 heavy (non-hydrogen) atoms. The third-order valence-electron chi connectivity index (χ3n) is 4.14. The largest absolute Gasteiger partial charge is 0.371 e. The van der Waals surface area contributed by atoms with Gasteiger partial charge >= 0.3 is 0 Å². The normalized spacial score (nSPS) is 18.5. The first kappa shape index (κ1) is 17.6. The van der Waals surface area contributed by atoms with Crippen LogP contribution in [0.5, 0.6) is 0 Å². The summed E-state index contributed by atoms with van der Waals surface area (Å²) < 4.78 is 23.9. The lowest BCUT2D eigenvalue weighted by molar-refractivity contribution is -0.119. The summed E-state index contributed by atoms with van der Waals surface area (Å²) in [6, 6.07) is 8.00. The van der Waals surface area contributed by atoms with Crippen LogP contribution in [-0.4, -0.2) is 42.2 Å². The van der Waals surface area contributed by atoms with E-state index in [-0.39, 0.29) is 30.3 Å². The van der Waals surface area contributed by atoms with Crippen molar-refractivity contribution in [3.63, 3.8) is 0 Å². The molecule has 1 aliphatic heterocycles. The first-order chi connectivity index (χ1) is 12.0. The molecule has 1 atom stereocenters. The molecule has 1 unspecified atom stereocenters. The lowest BCUT2D eigenvalue weighted by Crippen LogP contribution is -2.42. The quantitative estimate of drug-likeness (QED) is 0.901. The Morgan fingerprint density at radius 3 is 2.84 bits per heavy atom. The minimum atomic E-state index is -0.274. The number of nitrogens with one attached hydrogen (secondary N) is 1. The summed E-state index contributed by atoms with van der Waals surface area (Å²) in [5.41, 5.74) is 1.71. The molecule has 0 radical (unpaired) electrons. The van der Waals surface area contributed by atoms with Gasteiger partial charge in [0.05, 0.1) is 24.9 Å². The third-order valence-corrected chi connectivity index (χ3v) is 4.14. The zero-order chi connectivity index (χ0) is 17.8. The van der Waals surface area contributed by atoms with E-state index in [2.05, 4.69) is 10.5 Å². The molecular weight excluding hydrogens is 325 g/mol. The molecule has 1 N–H and O–H groups in total. The second kappa shape index (κ2) is 7.76. The van der Waals surface area contributed by atoms with Crippen molar-refractivity contribution in [3.05, 3.63) is 47.4 Å². The van der Waals surface area contributed by atoms with Crippen molar-refractivity contribution in [1.82, 2.24) is 10.1 Å². The number of carbonyl (C=O) groups excluding carboxylic acids is 1. The van der Waals surface area contributed by atoms with Crippen LogP contribution >= 0.6 is 0 Å². The van der Waals surface area contributed by atoms with Crippen LogP contribution in [0.15, 0.2) is 34.9 Å². The number of morpholine rings is 1. The molecular formula is C18H22FN3O3. The van der Waals surface area contributed by atoms with E-state index in [1.54, 1.807) is 18.2 Å². The zero-order valence-corrected chi connectivity index (χ0v) is 14.4. The van der Waals surface area contributed by atoms with Gasteiger partial charge in [0.25, 0.3) is 0 Å². The standard InChI is InChI=1S/C18H22FN3O3/c1-12(2)15-9-18(25-21-15)20-17(23)11-22-7-8-24-16(10-22)13-3-5-14(19)6-4-13/h3-6,9,12,16H,7-8,10-11H2,1-2H3,(H,20,23). The smallest absolute Gasteiger partial charge is 0.240 e. The van der Waals surface area contributed by atoms with Crippen LogP contribution in [0.1, 0.15) is 37.1 Å². The van der Waals surface area contributed by atoms with Crippen LogP contribution in [0.25, 0.3) is 0 Å². The van der Waals surface area contributed by atoms with E-state index in [4.69, 9.17) is 9.26 Å². The van der Waals surface area contributed by atoms with E-state index in [0.717, 1.165) is 11.3 Å². The number of carbonyl (C=O) groups is 1. The summed E-state index contributed by atoms with van der Waals surface area (Å²) in [4.78, 5) is 14.2. The third kappa shape index (κ3) is 4.64.